The molecule has 2 aromatic heterocycles. The predicted octanol–water partition coefficient (Wildman–Crippen LogP) is 4.98. The van der Waals surface area contributed by atoms with Crippen LogP contribution >= 0.6 is 0 Å². The minimum absolute atomic E-state index is 0.365. The van der Waals surface area contributed by atoms with Crippen molar-refractivity contribution < 1.29 is 9.90 Å². The van der Waals surface area contributed by atoms with E-state index in [0.717, 1.165) is 44.5 Å². The maximum Gasteiger partial charge on any atom is 0.335 e. The number of carboxylic acid groups (broad SMARTS) is 1. The molecule has 1 aromatic carbocycles. The normalized spacial score (nSPS) is 15.8. The Labute approximate surface area is 171 Å². The zero-order chi connectivity index (χ0) is 20.2. The van der Waals surface area contributed by atoms with Crippen molar-refractivity contribution in [1.29, 1.82) is 0 Å². The molecule has 1 saturated heterocycles. The Morgan fingerprint density at radius 3 is 2.86 bits per heavy atom. The summed E-state index contributed by atoms with van der Waals surface area (Å²) in [5.41, 5.74) is 5.26. The molecule has 2 N–H and O–H groups in total. The molecule has 4 rings (SSSR count). The van der Waals surface area contributed by atoms with Crippen LogP contribution in [0.15, 0.2) is 42.7 Å². The summed E-state index contributed by atoms with van der Waals surface area (Å²) in [6.45, 7) is 5.09. The fourth-order valence-corrected chi connectivity index (χ4v) is 4.47. The van der Waals surface area contributed by atoms with Crippen LogP contribution in [0.1, 0.15) is 65.7 Å². The number of nitrogens with zero attached hydrogens (tertiary/aromatic N) is 2. The number of likely N-dealkylation sites (tertiary alicyclic amines) is 1. The number of nitrogens with one attached hydrogen (secondary N) is 1. The molecule has 0 saturated carbocycles. The molecule has 29 heavy (non-hydrogen) atoms. The highest BCUT2D eigenvalue weighted by molar-refractivity contribution is 5.87. The largest absolute Gasteiger partial charge is 0.478 e. The van der Waals surface area contributed by atoms with E-state index in [1.807, 2.05) is 18.3 Å². The number of H-pyrrole nitrogens is 1. The van der Waals surface area contributed by atoms with Crippen LogP contribution in [0.5, 0.6) is 0 Å². The number of fused-ring (bicyclic) bond motifs is 1. The Balaban J connectivity index is 1.42. The van der Waals surface area contributed by atoms with Crippen molar-refractivity contribution in [3.8, 4) is 0 Å². The number of hydrogen-bond acceptors (Lipinski definition) is 3. The van der Waals surface area contributed by atoms with E-state index in [-0.39, 0.29) is 0 Å². The van der Waals surface area contributed by atoms with Gasteiger partial charge in [0.1, 0.15) is 0 Å². The SMILES string of the molecule is CCCCc1nccc2c(C3CCN(Cc4cccc(C(=O)O)c4)CC3)c[nH]c12. The van der Waals surface area contributed by atoms with Gasteiger partial charge in [-0.05, 0) is 74.0 Å². The molecule has 0 bridgehead atoms. The maximum atomic E-state index is 11.2. The highest BCUT2D eigenvalue weighted by Gasteiger charge is 2.23. The van der Waals surface area contributed by atoms with Crippen molar-refractivity contribution in [1.82, 2.24) is 14.9 Å². The van der Waals surface area contributed by atoms with E-state index in [1.165, 1.54) is 35.0 Å². The molecular formula is C24H29N3O2. The standard InChI is InChI=1S/C24H29N3O2/c1-2-3-7-22-23-20(8-11-25-22)21(15-26-23)18-9-12-27(13-10-18)16-17-5-4-6-19(14-17)24(28)29/h4-6,8,11,14-15,18,26H,2-3,7,9-10,12-13,16H2,1H3,(H,28,29). The Morgan fingerprint density at radius 2 is 2.10 bits per heavy atom. The van der Waals surface area contributed by atoms with Gasteiger partial charge in [0.2, 0.25) is 0 Å². The monoisotopic (exact) mass is 391 g/mol. The molecule has 152 valence electrons. The lowest BCUT2D eigenvalue weighted by atomic mass is 9.89. The van der Waals surface area contributed by atoms with Crippen molar-refractivity contribution in [2.24, 2.45) is 0 Å². The fourth-order valence-electron chi connectivity index (χ4n) is 4.47. The van der Waals surface area contributed by atoms with E-state index in [2.05, 4.69) is 34.1 Å². The molecule has 0 amide bonds. The van der Waals surface area contributed by atoms with Gasteiger partial charge in [-0.25, -0.2) is 4.79 Å². The number of aromatic amines is 1. The second-order valence-corrected chi connectivity index (χ2v) is 8.08. The number of pyridine rings is 1. The Hall–Kier alpha value is -2.66. The quantitative estimate of drug-likeness (QED) is 0.596. The van der Waals surface area contributed by atoms with Crippen molar-refractivity contribution in [3.63, 3.8) is 0 Å². The summed E-state index contributed by atoms with van der Waals surface area (Å²) in [5, 5.41) is 10.5. The summed E-state index contributed by atoms with van der Waals surface area (Å²) < 4.78 is 0. The number of aromatic carboxylic acids is 1. The smallest absolute Gasteiger partial charge is 0.335 e. The van der Waals surface area contributed by atoms with Gasteiger partial charge in [0.05, 0.1) is 16.8 Å². The van der Waals surface area contributed by atoms with Gasteiger partial charge in [-0.1, -0.05) is 25.5 Å². The van der Waals surface area contributed by atoms with Gasteiger partial charge in [-0.3, -0.25) is 9.88 Å². The maximum absolute atomic E-state index is 11.2. The zero-order valence-corrected chi connectivity index (χ0v) is 17.0. The van der Waals surface area contributed by atoms with Crippen molar-refractivity contribution in [3.05, 3.63) is 65.1 Å². The number of piperidine rings is 1. The molecule has 1 fully saturated rings. The highest BCUT2D eigenvalue weighted by atomic mass is 16.4. The minimum atomic E-state index is -0.863. The van der Waals surface area contributed by atoms with Crippen LogP contribution < -0.4 is 0 Å². The van der Waals surface area contributed by atoms with E-state index in [4.69, 9.17) is 0 Å². The lowest BCUT2D eigenvalue weighted by Gasteiger charge is -2.32. The van der Waals surface area contributed by atoms with Crippen molar-refractivity contribution in [2.45, 2.75) is 51.5 Å². The first-order valence-corrected chi connectivity index (χ1v) is 10.6. The third-order valence-corrected chi connectivity index (χ3v) is 6.09. The van der Waals surface area contributed by atoms with Gasteiger partial charge in [0.25, 0.3) is 0 Å². The lowest BCUT2D eigenvalue weighted by Crippen LogP contribution is -2.32. The number of unbranched alkanes of at least 4 members (excludes halogenated alkanes) is 1. The molecule has 0 unspecified atom stereocenters. The molecule has 0 spiro atoms. The third kappa shape index (κ3) is 4.35. The zero-order valence-electron chi connectivity index (χ0n) is 17.0. The van der Waals surface area contributed by atoms with Gasteiger partial charge >= 0.3 is 5.97 Å². The molecule has 3 aromatic rings. The molecule has 1 aliphatic rings. The van der Waals surface area contributed by atoms with E-state index in [9.17, 15) is 9.90 Å². The van der Waals surface area contributed by atoms with Crippen LogP contribution in [-0.2, 0) is 13.0 Å². The first kappa shape index (κ1) is 19.6. The number of aryl methyl sites for hydroxylation is 1. The van der Waals surface area contributed by atoms with E-state index in [1.54, 1.807) is 12.1 Å². The van der Waals surface area contributed by atoms with Gasteiger partial charge < -0.3 is 10.1 Å². The van der Waals surface area contributed by atoms with Crippen LogP contribution in [-0.4, -0.2) is 39.0 Å². The van der Waals surface area contributed by atoms with Crippen LogP contribution in [0.2, 0.25) is 0 Å². The summed E-state index contributed by atoms with van der Waals surface area (Å²) in [7, 11) is 0. The van der Waals surface area contributed by atoms with E-state index >= 15 is 0 Å². The van der Waals surface area contributed by atoms with Crippen molar-refractivity contribution >= 4 is 16.9 Å². The molecule has 0 radical (unpaired) electrons. The molecule has 0 atom stereocenters. The molecule has 0 aliphatic carbocycles. The lowest BCUT2D eigenvalue weighted by molar-refractivity contribution is 0.0696. The van der Waals surface area contributed by atoms with Gasteiger partial charge in [-0.15, -0.1) is 0 Å². The number of carbonyl (C=O) groups is 1. The number of rotatable bonds is 7. The van der Waals surface area contributed by atoms with Crippen LogP contribution in [0.3, 0.4) is 0 Å². The molecule has 5 nitrogen and oxygen atoms in total. The minimum Gasteiger partial charge on any atom is -0.478 e. The average Bonchev–Trinajstić information content (AvgIpc) is 3.18. The van der Waals surface area contributed by atoms with Crippen molar-refractivity contribution in [2.75, 3.05) is 13.1 Å². The summed E-state index contributed by atoms with van der Waals surface area (Å²) >= 11 is 0. The molecule has 5 heteroatoms. The van der Waals surface area contributed by atoms with Gasteiger partial charge in [-0.2, -0.15) is 0 Å². The summed E-state index contributed by atoms with van der Waals surface area (Å²) in [6, 6.07) is 9.45. The first-order chi connectivity index (χ1) is 14.2. The number of carboxylic acids is 1. The number of hydrogen-bond donors (Lipinski definition) is 2. The van der Waals surface area contributed by atoms with E-state index in [0.29, 0.717) is 11.5 Å². The molecule has 1 aliphatic heterocycles. The second kappa shape index (κ2) is 8.78. The Bertz CT molecular complexity index is 987. The third-order valence-electron chi connectivity index (χ3n) is 6.09. The second-order valence-electron chi connectivity index (χ2n) is 8.08. The van der Waals surface area contributed by atoms with Crippen LogP contribution in [0, 0.1) is 0 Å². The molecular weight excluding hydrogens is 362 g/mol. The van der Waals surface area contributed by atoms with Gasteiger partial charge in [0, 0.05) is 24.3 Å². The van der Waals surface area contributed by atoms with Gasteiger partial charge in [0.15, 0.2) is 0 Å². The summed E-state index contributed by atoms with van der Waals surface area (Å²) in [6.07, 6.45) is 9.77. The summed E-state index contributed by atoms with van der Waals surface area (Å²) in [5.74, 6) is -0.301. The van der Waals surface area contributed by atoms with E-state index < -0.39 is 5.97 Å². The summed E-state index contributed by atoms with van der Waals surface area (Å²) in [4.78, 5) is 21.7. The Morgan fingerprint density at radius 1 is 1.28 bits per heavy atom. The Kier molecular flexibility index (Phi) is 5.95. The molecule has 3 heterocycles. The topological polar surface area (TPSA) is 69.2 Å². The van der Waals surface area contributed by atoms with Crippen LogP contribution in [0.4, 0.5) is 0 Å². The van der Waals surface area contributed by atoms with Crippen LogP contribution in [0.25, 0.3) is 10.9 Å². The average molecular weight is 392 g/mol. The highest BCUT2D eigenvalue weighted by Crippen LogP contribution is 2.34. The number of aromatic nitrogens is 2. The fraction of sp³-hybridized carbons (Fsp3) is 0.417. The first-order valence-electron chi connectivity index (χ1n) is 10.6. The predicted molar refractivity (Wildman–Crippen MR) is 115 cm³/mol. The number of benzene rings is 1.